The summed E-state index contributed by atoms with van der Waals surface area (Å²) in [7, 11) is 2.75. The number of methoxy groups -OCH3 is 2. The van der Waals surface area contributed by atoms with Crippen LogP contribution in [0.2, 0.25) is 10.0 Å². The first-order chi connectivity index (χ1) is 16.0. The van der Waals surface area contributed by atoms with Crippen LogP contribution in [0.25, 0.3) is 0 Å². The van der Waals surface area contributed by atoms with Crippen molar-refractivity contribution in [3.63, 3.8) is 0 Å². The highest BCUT2D eigenvalue weighted by atomic mass is 35.5. The number of hydrogen-bond donors (Lipinski definition) is 1. The number of amides is 1. The second-order valence-electron chi connectivity index (χ2n) is 8.79. The van der Waals surface area contributed by atoms with Gasteiger partial charge in [-0.2, -0.15) is 0 Å². The molecule has 2 aromatic rings. The van der Waals surface area contributed by atoms with Gasteiger partial charge in [0.2, 0.25) is 0 Å². The van der Waals surface area contributed by atoms with Gasteiger partial charge in [-0.3, -0.25) is 9.59 Å². The van der Waals surface area contributed by atoms with Crippen molar-refractivity contribution < 1.29 is 29.0 Å². The van der Waals surface area contributed by atoms with Crippen molar-refractivity contribution in [1.29, 1.82) is 0 Å². The molecule has 0 saturated carbocycles. The predicted molar refractivity (Wildman–Crippen MR) is 128 cm³/mol. The Morgan fingerprint density at radius 2 is 1.82 bits per heavy atom. The average Bonchev–Trinajstić information content (AvgIpc) is 3.15. The van der Waals surface area contributed by atoms with Crippen LogP contribution in [0.3, 0.4) is 0 Å². The number of hydrogen-bond acceptors (Lipinski definition) is 5. The number of aliphatic carboxylic acids is 1. The minimum atomic E-state index is -1.65. The molecular formula is C25H27Cl2NO6. The molecule has 0 aliphatic carbocycles. The van der Waals surface area contributed by atoms with Crippen molar-refractivity contribution >= 4 is 41.0 Å². The Kier molecular flexibility index (Phi) is 7.78. The lowest BCUT2D eigenvalue weighted by atomic mass is 9.83. The number of carbonyl (C=O) groups is 3. The lowest BCUT2D eigenvalue weighted by Crippen LogP contribution is -2.54. The first-order valence-electron chi connectivity index (χ1n) is 10.8. The van der Waals surface area contributed by atoms with Crippen LogP contribution >= 0.6 is 23.2 Å². The van der Waals surface area contributed by atoms with Crippen molar-refractivity contribution in [2.75, 3.05) is 14.2 Å². The van der Waals surface area contributed by atoms with Gasteiger partial charge >= 0.3 is 11.9 Å². The molecule has 3 rings (SSSR count). The highest BCUT2D eigenvalue weighted by Gasteiger charge is 2.61. The fourth-order valence-corrected chi connectivity index (χ4v) is 5.11. The molecule has 1 N–H and O–H groups in total. The van der Waals surface area contributed by atoms with Crippen LogP contribution in [-0.2, 0) is 14.3 Å². The minimum absolute atomic E-state index is 0.0810. The molecule has 3 atom stereocenters. The number of carboxylic acid groups (broad SMARTS) is 1. The van der Waals surface area contributed by atoms with Gasteiger partial charge < -0.3 is 19.5 Å². The highest BCUT2D eigenvalue weighted by Crippen LogP contribution is 2.51. The fraction of sp³-hybridized carbons (Fsp3) is 0.400. The van der Waals surface area contributed by atoms with Crippen LogP contribution in [0, 0.1) is 11.8 Å². The molecule has 1 amide bonds. The van der Waals surface area contributed by atoms with E-state index in [9.17, 15) is 19.5 Å². The largest absolute Gasteiger partial charge is 0.497 e. The lowest BCUT2D eigenvalue weighted by molar-refractivity contribution is -0.150. The molecular weight excluding hydrogens is 481 g/mol. The minimum Gasteiger partial charge on any atom is -0.497 e. The molecule has 0 aromatic heterocycles. The number of ether oxygens (including phenoxy) is 2. The Bertz CT molecular complexity index is 1100. The zero-order chi connectivity index (χ0) is 25.2. The standard InChI is InChI=1S/C25H27Cl2NO6/c1-14(2)12-25(24(31)32)13-18(23(30)34-4)21(15-6-5-7-17(10-15)33-3)28(25)22(29)16-8-9-19(26)20(27)11-16/h5-11,14,18,21H,12-13H2,1-4H3,(H,31,32). The summed E-state index contributed by atoms with van der Waals surface area (Å²) in [5.74, 6) is -2.82. The first-order valence-corrected chi connectivity index (χ1v) is 11.5. The second-order valence-corrected chi connectivity index (χ2v) is 9.61. The SMILES string of the molecule is COC(=O)C1CC(CC(C)C)(C(=O)O)N(C(=O)c2ccc(Cl)c(Cl)c2)C1c1cccc(OC)c1. The van der Waals surface area contributed by atoms with Gasteiger partial charge in [0.05, 0.1) is 36.2 Å². The van der Waals surface area contributed by atoms with E-state index in [4.69, 9.17) is 32.7 Å². The summed E-state index contributed by atoms with van der Waals surface area (Å²) in [6.45, 7) is 3.75. The lowest BCUT2D eigenvalue weighted by Gasteiger charge is -2.39. The van der Waals surface area contributed by atoms with Gasteiger partial charge in [-0.1, -0.05) is 49.2 Å². The summed E-state index contributed by atoms with van der Waals surface area (Å²) < 4.78 is 10.4. The van der Waals surface area contributed by atoms with Gasteiger partial charge in [-0.25, -0.2) is 4.79 Å². The Morgan fingerprint density at radius 3 is 2.38 bits per heavy atom. The van der Waals surface area contributed by atoms with Gasteiger partial charge in [0.15, 0.2) is 0 Å². The Labute approximate surface area is 208 Å². The highest BCUT2D eigenvalue weighted by molar-refractivity contribution is 6.42. The summed E-state index contributed by atoms with van der Waals surface area (Å²) >= 11 is 12.2. The molecule has 34 heavy (non-hydrogen) atoms. The van der Waals surface area contributed by atoms with E-state index >= 15 is 0 Å². The number of benzene rings is 2. The molecule has 1 heterocycles. The molecule has 182 valence electrons. The van der Waals surface area contributed by atoms with E-state index in [0.29, 0.717) is 11.3 Å². The van der Waals surface area contributed by atoms with Crippen molar-refractivity contribution in [3.05, 3.63) is 63.6 Å². The third-order valence-corrected chi connectivity index (χ3v) is 6.89. The molecule has 3 unspecified atom stereocenters. The van der Waals surface area contributed by atoms with Gasteiger partial charge in [0.25, 0.3) is 5.91 Å². The van der Waals surface area contributed by atoms with Gasteiger partial charge in [-0.05, 0) is 54.7 Å². The van der Waals surface area contributed by atoms with E-state index in [1.54, 1.807) is 24.3 Å². The number of halogens is 2. The van der Waals surface area contributed by atoms with E-state index in [-0.39, 0.29) is 34.4 Å². The summed E-state index contributed by atoms with van der Waals surface area (Å²) in [4.78, 5) is 41.1. The van der Waals surface area contributed by atoms with Gasteiger partial charge in [0, 0.05) is 5.56 Å². The molecule has 2 aromatic carbocycles. The van der Waals surface area contributed by atoms with E-state index in [1.165, 1.54) is 37.3 Å². The smallest absolute Gasteiger partial charge is 0.329 e. The van der Waals surface area contributed by atoms with Gasteiger partial charge in [0.1, 0.15) is 11.3 Å². The number of rotatable bonds is 7. The quantitative estimate of drug-likeness (QED) is 0.514. The maximum Gasteiger partial charge on any atom is 0.329 e. The van der Waals surface area contributed by atoms with E-state index in [0.717, 1.165) is 0 Å². The second kappa shape index (κ2) is 10.2. The number of likely N-dealkylation sites (tertiary alicyclic amines) is 1. The van der Waals surface area contributed by atoms with Crippen molar-refractivity contribution in [2.45, 2.75) is 38.3 Å². The third-order valence-electron chi connectivity index (χ3n) is 6.15. The van der Waals surface area contributed by atoms with Crippen LogP contribution < -0.4 is 4.74 Å². The van der Waals surface area contributed by atoms with E-state index in [1.807, 2.05) is 13.8 Å². The molecule has 7 nitrogen and oxygen atoms in total. The Balaban J connectivity index is 2.29. The topological polar surface area (TPSA) is 93.1 Å². The first kappa shape index (κ1) is 25.8. The predicted octanol–water partition coefficient (Wildman–Crippen LogP) is 5.25. The zero-order valence-electron chi connectivity index (χ0n) is 19.4. The van der Waals surface area contributed by atoms with Crippen LogP contribution in [0.4, 0.5) is 0 Å². The third kappa shape index (κ3) is 4.72. The van der Waals surface area contributed by atoms with Gasteiger partial charge in [-0.15, -0.1) is 0 Å². The molecule has 0 bridgehead atoms. The van der Waals surface area contributed by atoms with Crippen LogP contribution in [0.15, 0.2) is 42.5 Å². The van der Waals surface area contributed by atoms with Crippen LogP contribution in [0.1, 0.15) is 48.7 Å². The summed E-state index contributed by atoms with van der Waals surface area (Å²) in [6.07, 6.45) is 0.0471. The monoisotopic (exact) mass is 507 g/mol. The maximum absolute atomic E-state index is 14.0. The molecule has 1 aliphatic rings. The summed E-state index contributed by atoms with van der Waals surface area (Å²) in [6, 6.07) is 10.4. The Morgan fingerprint density at radius 1 is 1.12 bits per heavy atom. The summed E-state index contributed by atoms with van der Waals surface area (Å²) in [5.41, 5.74) is -0.915. The normalized spacial score (nSPS) is 22.0. The molecule has 1 fully saturated rings. The van der Waals surface area contributed by atoms with Crippen molar-refractivity contribution in [2.24, 2.45) is 11.8 Å². The maximum atomic E-state index is 14.0. The van der Waals surface area contributed by atoms with E-state index in [2.05, 4.69) is 0 Å². The van der Waals surface area contributed by atoms with Crippen molar-refractivity contribution in [3.8, 4) is 5.75 Å². The molecule has 1 saturated heterocycles. The van der Waals surface area contributed by atoms with Crippen molar-refractivity contribution in [1.82, 2.24) is 4.90 Å². The fourth-order valence-electron chi connectivity index (χ4n) is 4.81. The molecule has 9 heteroatoms. The molecule has 0 radical (unpaired) electrons. The number of nitrogens with zero attached hydrogens (tertiary/aromatic N) is 1. The number of esters is 1. The average molecular weight is 508 g/mol. The van der Waals surface area contributed by atoms with E-state index < -0.39 is 35.3 Å². The summed E-state index contributed by atoms with van der Waals surface area (Å²) in [5, 5.41) is 10.9. The van der Waals surface area contributed by atoms with Crippen LogP contribution in [-0.4, -0.2) is 47.6 Å². The van der Waals surface area contributed by atoms with Crippen LogP contribution in [0.5, 0.6) is 5.75 Å². The zero-order valence-corrected chi connectivity index (χ0v) is 20.9. The Hall–Kier alpha value is -2.77. The molecule has 0 spiro atoms. The molecule has 1 aliphatic heterocycles. The number of carboxylic acids is 1. The number of carbonyl (C=O) groups excluding carboxylic acids is 2.